The fourth-order valence-corrected chi connectivity index (χ4v) is 4.33. The van der Waals surface area contributed by atoms with Gasteiger partial charge in [0.1, 0.15) is 5.69 Å². The van der Waals surface area contributed by atoms with Crippen molar-refractivity contribution in [2.75, 3.05) is 26.2 Å². The Balaban J connectivity index is 1.34. The summed E-state index contributed by atoms with van der Waals surface area (Å²) in [6, 6.07) is 6.21. The van der Waals surface area contributed by atoms with Crippen LogP contribution < -0.4 is 5.73 Å². The molecule has 7 nitrogen and oxygen atoms in total. The SMILES string of the molecule is Cc1cc(C#CCN2CCC(C(N)=O)CC2)ccc1-c1cn(C[C@H]2CCCCO2)nn1. The molecule has 1 aromatic heterocycles. The molecule has 0 saturated carbocycles. The smallest absolute Gasteiger partial charge is 0.220 e. The Kier molecular flexibility index (Phi) is 7.00. The number of nitrogens with zero attached hydrogens (tertiary/aromatic N) is 4. The van der Waals surface area contributed by atoms with Gasteiger partial charge >= 0.3 is 0 Å². The zero-order valence-corrected chi connectivity index (χ0v) is 18.2. The lowest BCUT2D eigenvalue weighted by Gasteiger charge is -2.28. The molecule has 31 heavy (non-hydrogen) atoms. The predicted octanol–water partition coefficient (Wildman–Crippen LogP) is 2.37. The number of carbonyl (C=O) groups is 1. The van der Waals surface area contributed by atoms with Crippen LogP contribution in [0, 0.1) is 24.7 Å². The average Bonchev–Trinajstić information content (AvgIpc) is 3.23. The number of likely N-dealkylation sites (tertiary alicyclic amines) is 1. The number of aromatic nitrogens is 3. The number of hydrogen-bond acceptors (Lipinski definition) is 5. The van der Waals surface area contributed by atoms with Gasteiger partial charge in [-0.3, -0.25) is 9.69 Å². The molecule has 0 bridgehead atoms. The molecule has 1 amide bonds. The van der Waals surface area contributed by atoms with Gasteiger partial charge in [-0.2, -0.15) is 0 Å². The minimum atomic E-state index is -0.177. The van der Waals surface area contributed by atoms with Crippen LogP contribution >= 0.6 is 0 Å². The number of carbonyl (C=O) groups excluding carboxylic acids is 1. The van der Waals surface area contributed by atoms with Crippen LogP contribution in [0.1, 0.15) is 43.2 Å². The molecule has 0 spiro atoms. The van der Waals surface area contributed by atoms with Crippen LogP contribution in [0.15, 0.2) is 24.4 Å². The quantitative estimate of drug-likeness (QED) is 0.749. The largest absolute Gasteiger partial charge is 0.376 e. The second-order valence-electron chi connectivity index (χ2n) is 8.60. The van der Waals surface area contributed by atoms with Crippen molar-refractivity contribution in [3.63, 3.8) is 0 Å². The molecule has 7 heteroatoms. The van der Waals surface area contributed by atoms with Crippen LogP contribution in [0.2, 0.25) is 0 Å². The van der Waals surface area contributed by atoms with Gasteiger partial charge < -0.3 is 10.5 Å². The second-order valence-corrected chi connectivity index (χ2v) is 8.60. The van der Waals surface area contributed by atoms with Crippen LogP contribution in [0.5, 0.6) is 0 Å². The number of nitrogens with two attached hydrogens (primary N) is 1. The third-order valence-electron chi connectivity index (χ3n) is 6.23. The molecule has 4 rings (SSSR count). The Bertz CT molecular complexity index is 960. The Hall–Kier alpha value is -2.69. The minimum Gasteiger partial charge on any atom is -0.376 e. The lowest BCUT2D eigenvalue weighted by Crippen LogP contribution is -2.38. The summed E-state index contributed by atoms with van der Waals surface area (Å²) in [5.41, 5.74) is 9.49. The summed E-state index contributed by atoms with van der Waals surface area (Å²) in [7, 11) is 0. The summed E-state index contributed by atoms with van der Waals surface area (Å²) in [5.74, 6) is 6.37. The van der Waals surface area contributed by atoms with Crippen LogP contribution in [0.4, 0.5) is 0 Å². The van der Waals surface area contributed by atoms with Crippen LogP contribution in [0.3, 0.4) is 0 Å². The van der Waals surface area contributed by atoms with E-state index in [4.69, 9.17) is 10.5 Å². The molecule has 2 fully saturated rings. The molecule has 164 valence electrons. The number of rotatable bonds is 5. The molecule has 2 aliphatic heterocycles. The number of primary amides is 1. The first-order chi connectivity index (χ1) is 15.1. The van der Waals surface area contributed by atoms with E-state index < -0.39 is 0 Å². The third kappa shape index (κ3) is 5.72. The van der Waals surface area contributed by atoms with Crippen molar-refractivity contribution in [1.29, 1.82) is 0 Å². The molecular formula is C24H31N5O2. The first kappa shape index (κ1) is 21.5. The van der Waals surface area contributed by atoms with E-state index in [1.165, 1.54) is 6.42 Å². The summed E-state index contributed by atoms with van der Waals surface area (Å²) < 4.78 is 7.69. The van der Waals surface area contributed by atoms with Crippen LogP contribution in [-0.4, -0.2) is 58.1 Å². The van der Waals surface area contributed by atoms with Crippen molar-refractivity contribution < 1.29 is 9.53 Å². The summed E-state index contributed by atoms with van der Waals surface area (Å²) in [4.78, 5) is 13.6. The van der Waals surface area contributed by atoms with E-state index in [0.29, 0.717) is 6.54 Å². The van der Waals surface area contributed by atoms with Gasteiger partial charge in [0.25, 0.3) is 0 Å². The molecule has 0 aliphatic carbocycles. The average molecular weight is 422 g/mol. The molecule has 3 heterocycles. The van der Waals surface area contributed by atoms with Crippen molar-refractivity contribution in [1.82, 2.24) is 19.9 Å². The molecule has 0 unspecified atom stereocenters. The van der Waals surface area contributed by atoms with E-state index in [1.54, 1.807) is 0 Å². The summed E-state index contributed by atoms with van der Waals surface area (Å²) in [5, 5.41) is 8.66. The highest BCUT2D eigenvalue weighted by Gasteiger charge is 2.22. The standard InChI is InChI=1S/C24H31N5O2/c1-18-15-19(5-4-11-28-12-9-20(10-13-28)24(25)30)7-8-22(18)23-17-29(27-26-23)16-21-6-2-3-14-31-21/h7-8,15,17,20-21H,2-3,6,9-14,16H2,1H3,(H2,25,30)/t21-/m1/s1. The lowest BCUT2D eigenvalue weighted by atomic mass is 9.96. The first-order valence-corrected chi connectivity index (χ1v) is 11.2. The fraction of sp³-hybridized carbons (Fsp3) is 0.542. The molecule has 0 radical (unpaired) electrons. The van der Waals surface area contributed by atoms with Gasteiger partial charge in [0.15, 0.2) is 0 Å². The van der Waals surface area contributed by atoms with Gasteiger partial charge in [-0.15, -0.1) is 5.10 Å². The molecule has 1 aromatic carbocycles. The van der Waals surface area contributed by atoms with Gasteiger partial charge in [0.2, 0.25) is 5.91 Å². The van der Waals surface area contributed by atoms with E-state index in [0.717, 1.165) is 74.3 Å². The summed E-state index contributed by atoms with van der Waals surface area (Å²) in [6.45, 7) is 6.15. The zero-order valence-electron chi connectivity index (χ0n) is 18.2. The van der Waals surface area contributed by atoms with Crippen molar-refractivity contribution in [2.24, 2.45) is 11.7 Å². The molecule has 1 atom stereocenters. The minimum absolute atomic E-state index is 0.0209. The molecule has 2 aromatic rings. The number of amides is 1. The maximum Gasteiger partial charge on any atom is 0.220 e. The molecule has 2 N–H and O–H groups in total. The monoisotopic (exact) mass is 421 g/mol. The topological polar surface area (TPSA) is 86.3 Å². The Morgan fingerprint density at radius 2 is 2.10 bits per heavy atom. The normalized spacial score (nSPS) is 20.2. The van der Waals surface area contributed by atoms with Crippen molar-refractivity contribution in [3.05, 3.63) is 35.5 Å². The molecule has 2 aliphatic rings. The number of ether oxygens (including phenoxy) is 1. The van der Waals surface area contributed by atoms with Crippen molar-refractivity contribution >= 4 is 5.91 Å². The van der Waals surface area contributed by atoms with Gasteiger partial charge in [0, 0.05) is 23.7 Å². The van der Waals surface area contributed by atoms with Crippen molar-refractivity contribution in [2.45, 2.75) is 51.7 Å². The van der Waals surface area contributed by atoms with Crippen molar-refractivity contribution in [3.8, 4) is 23.1 Å². The number of hydrogen-bond donors (Lipinski definition) is 1. The Labute approximate surface area is 183 Å². The van der Waals surface area contributed by atoms with E-state index in [-0.39, 0.29) is 17.9 Å². The number of benzene rings is 1. The van der Waals surface area contributed by atoms with E-state index in [1.807, 2.05) is 16.9 Å². The van der Waals surface area contributed by atoms with E-state index in [9.17, 15) is 4.79 Å². The predicted molar refractivity (Wildman–Crippen MR) is 119 cm³/mol. The van der Waals surface area contributed by atoms with Crippen LogP contribution in [-0.2, 0) is 16.1 Å². The second kappa shape index (κ2) is 10.1. The molecule has 2 saturated heterocycles. The van der Waals surface area contributed by atoms with Gasteiger partial charge in [-0.25, -0.2) is 4.68 Å². The van der Waals surface area contributed by atoms with E-state index in [2.05, 4.69) is 46.1 Å². The van der Waals surface area contributed by atoms with Gasteiger partial charge in [0.05, 0.1) is 25.4 Å². The highest BCUT2D eigenvalue weighted by Crippen LogP contribution is 2.23. The Morgan fingerprint density at radius 3 is 2.81 bits per heavy atom. The lowest BCUT2D eigenvalue weighted by molar-refractivity contribution is -0.123. The first-order valence-electron chi connectivity index (χ1n) is 11.2. The van der Waals surface area contributed by atoms with Gasteiger partial charge in [-0.05, 0) is 69.8 Å². The molecular weight excluding hydrogens is 390 g/mol. The number of aryl methyl sites for hydroxylation is 1. The van der Waals surface area contributed by atoms with Crippen LogP contribution in [0.25, 0.3) is 11.3 Å². The number of piperidine rings is 1. The Morgan fingerprint density at radius 1 is 1.26 bits per heavy atom. The maximum absolute atomic E-state index is 11.3. The van der Waals surface area contributed by atoms with E-state index >= 15 is 0 Å². The maximum atomic E-state index is 11.3. The third-order valence-corrected chi connectivity index (χ3v) is 6.23. The summed E-state index contributed by atoms with van der Waals surface area (Å²) >= 11 is 0. The highest BCUT2D eigenvalue weighted by atomic mass is 16.5. The highest BCUT2D eigenvalue weighted by molar-refractivity contribution is 5.76. The fourth-order valence-electron chi connectivity index (χ4n) is 4.33. The summed E-state index contributed by atoms with van der Waals surface area (Å²) in [6.07, 6.45) is 7.37. The van der Waals surface area contributed by atoms with Gasteiger partial charge in [-0.1, -0.05) is 23.1 Å². The zero-order chi connectivity index (χ0) is 21.6.